The molecule has 1 atom stereocenters. The van der Waals surface area contributed by atoms with E-state index in [1.807, 2.05) is 37.3 Å². The topological polar surface area (TPSA) is 18.5 Å². The second-order valence-electron chi connectivity index (χ2n) is 4.30. The molecule has 0 amide bonds. The maximum atomic E-state index is 5.61. The highest BCUT2D eigenvalue weighted by atomic mass is 16.7. The maximum Gasteiger partial charge on any atom is 0.196 e. The van der Waals surface area contributed by atoms with E-state index in [9.17, 15) is 0 Å². The van der Waals surface area contributed by atoms with Crippen LogP contribution in [0.25, 0.3) is 0 Å². The summed E-state index contributed by atoms with van der Waals surface area (Å²) in [6.07, 6.45) is 11.5. The van der Waals surface area contributed by atoms with Gasteiger partial charge in [0, 0.05) is 0 Å². The van der Waals surface area contributed by atoms with Gasteiger partial charge in [0.25, 0.3) is 0 Å². The zero-order valence-corrected chi connectivity index (χ0v) is 11.9. The van der Waals surface area contributed by atoms with Crippen LogP contribution in [0.3, 0.4) is 0 Å². The van der Waals surface area contributed by atoms with Crippen molar-refractivity contribution in [2.24, 2.45) is 0 Å². The molecule has 0 aliphatic rings. The van der Waals surface area contributed by atoms with Crippen molar-refractivity contribution in [3.63, 3.8) is 0 Å². The van der Waals surface area contributed by atoms with Gasteiger partial charge in [-0.1, -0.05) is 55.8 Å². The fourth-order valence-corrected chi connectivity index (χ4v) is 1.54. The number of benzene rings is 1. The molecule has 0 saturated carbocycles. The van der Waals surface area contributed by atoms with Crippen molar-refractivity contribution in [3.8, 4) is 5.75 Å². The van der Waals surface area contributed by atoms with Crippen LogP contribution in [0.5, 0.6) is 5.75 Å². The zero-order chi connectivity index (χ0) is 13.8. The van der Waals surface area contributed by atoms with E-state index in [4.69, 9.17) is 9.47 Å². The van der Waals surface area contributed by atoms with Crippen LogP contribution in [0, 0.1) is 0 Å². The molecule has 0 bridgehead atoms. The average molecular weight is 260 g/mol. The van der Waals surface area contributed by atoms with Crippen LogP contribution in [0.15, 0.2) is 54.6 Å². The summed E-state index contributed by atoms with van der Waals surface area (Å²) in [7, 11) is 0. The summed E-state index contributed by atoms with van der Waals surface area (Å²) in [5, 5.41) is 0. The summed E-state index contributed by atoms with van der Waals surface area (Å²) in [4.78, 5) is 0. The van der Waals surface area contributed by atoms with E-state index in [0.29, 0.717) is 6.61 Å². The number of rotatable bonds is 9. The number of hydrogen-bond acceptors (Lipinski definition) is 2. The van der Waals surface area contributed by atoms with Gasteiger partial charge >= 0.3 is 0 Å². The Morgan fingerprint density at radius 1 is 1.05 bits per heavy atom. The van der Waals surface area contributed by atoms with Crippen molar-refractivity contribution < 1.29 is 9.47 Å². The first kappa shape index (κ1) is 15.5. The predicted molar refractivity (Wildman–Crippen MR) is 80.3 cm³/mol. The first-order valence-corrected chi connectivity index (χ1v) is 6.98. The van der Waals surface area contributed by atoms with Gasteiger partial charge in [0.05, 0.1) is 6.61 Å². The molecule has 2 nitrogen and oxygen atoms in total. The van der Waals surface area contributed by atoms with E-state index in [0.717, 1.165) is 18.6 Å². The minimum Gasteiger partial charge on any atom is -0.465 e. The van der Waals surface area contributed by atoms with Crippen molar-refractivity contribution in [1.29, 1.82) is 0 Å². The van der Waals surface area contributed by atoms with Crippen LogP contribution in [0.2, 0.25) is 0 Å². The van der Waals surface area contributed by atoms with Gasteiger partial charge < -0.3 is 9.47 Å². The monoisotopic (exact) mass is 260 g/mol. The van der Waals surface area contributed by atoms with Gasteiger partial charge in [0.15, 0.2) is 6.29 Å². The smallest absolute Gasteiger partial charge is 0.196 e. The molecule has 0 fully saturated rings. The van der Waals surface area contributed by atoms with Crippen molar-refractivity contribution in [2.75, 3.05) is 6.61 Å². The number of para-hydroxylation sites is 1. The molecular weight excluding hydrogens is 236 g/mol. The standard InChI is InChI=1S/C17H24O2/c1-3-4-5-6-7-8-12-15-18-16(2)19-17-13-10-9-11-14-17/h5-11,13-14,16H,3-4,12,15H2,1-2H3. The van der Waals surface area contributed by atoms with Crippen molar-refractivity contribution >= 4 is 0 Å². The van der Waals surface area contributed by atoms with Gasteiger partial charge in [-0.2, -0.15) is 0 Å². The number of ether oxygens (including phenoxy) is 2. The largest absolute Gasteiger partial charge is 0.465 e. The molecular formula is C17H24O2. The van der Waals surface area contributed by atoms with Gasteiger partial charge in [-0.3, -0.25) is 0 Å². The fraction of sp³-hybridized carbons (Fsp3) is 0.412. The number of allylic oxidation sites excluding steroid dienone is 3. The molecule has 0 radical (unpaired) electrons. The van der Waals surface area contributed by atoms with Crippen LogP contribution in [0.4, 0.5) is 0 Å². The highest BCUT2D eigenvalue weighted by Crippen LogP contribution is 2.11. The lowest BCUT2D eigenvalue weighted by atomic mass is 10.3. The lowest BCUT2D eigenvalue weighted by Crippen LogP contribution is -2.16. The van der Waals surface area contributed by atoms with Crippen LogP contribution in [-0.4, -0.2) is 12.9 Å². The van der Waals surface area contributed by atoms with Crippen LogP contribution < -0.4 is 4.74 Å². The number of hydrogen-bond donors (Lipinski definition) is 0. The van der Waals surface area contributed by atoms with E-state index in [1.165, 1.54) is 6.42 Å². The SMILES string of the molecule is CCCC=CC=CCCOC(C)Oc1ccccc1. The highest BCUT2D eigenvalue weighted by molar-refractivity contribution is 5.20. The molecule has 2 heteroatoms. The number of unbranched alkanes of at least 4 members (excludes halogenated alkanes) is 1. The average Bonchev–Trinajstić information content (AvgIpc) is 2.43. The Balaban J connectivity index is 2.09. The van der Waals surface area contributed by atoms with Gasteiger partial charge in [-0.15, -0.1) is 0 Å². The molecule has 0 spiro atoms. The second kappa shape index (κ2) is 10.4. The van der Waals surface area contributed by atoms with Crippen molar-refractivity contribution in [2.45, 2.75) is 39.4 Å². The van der Waals surface area contributed by atoms with Gasteiger partial charge in [-0.25, -0.2) is 0 Å². The Morgan fingerprint density at radius 2 is 1.74 bits per heavy atom. The Labute approximate surface area is 116 Å². The van der Waals surface area contributed by atoms with Gasteiger partial charge in [0.1, 0.15) is 5.75 Å². The quantitative estimate of drug-likeness (QED) is 0.363. The molecule has 0 saturated heterocycles. The molecule has 19 heavy (non-hydrogen) atoms. The lowest BCUT2D eigenvalue weighted by Gasteiger charge is -2.14. The molecule has 1 aromatic carbocycles. The van der Waals surface area contributed by atoms with Crippen LogP contribution in [-0.2, 0) is 4.74 Å². The molecule has 0 aromatic heterocycles. The van der Waals surface area contributed by atoms with E-state index in [2.05, 4.69) is 31.2 Å². The maximum absolute atomic E-state index is 5.61. The zero-order valence-electron chi connectivity index (χ0n) is 11.9. The molecule has 104 valence electrons. The third-order valence-electron chi connectivity index (χ3n) is 2.52. The van der Waals surface area contributed by atoms with Gasteiger partial charge in [-0.05, 0) is 31.9 Å². The summed E-state index contributed by atoms with van der Waals surface area (Å²) in [6, 6.07) is 9.73. The van der Waals surface area contributed by atoms with E-state index in [-0.39, 0.29) is 6.29 Å². The van der Waals surface area contributed by atoms with Crippen molar-refractivity contribution in [1.82, 2.24) is 0 Å². The summed E-state index contributed by atoms with van der Waals surface area (Å²) in [5.41, 5.74) is 0. The molecule has 0 N–H and O–H groups in total. The van der Waals surface area contributed by atoms with Crippen molar-refractivity contribution in [3.05, 3.63) is 54.6 Å². The summed E-state index contributed by atoms with van der Waals surface area (Å²) in [5.74, 6) is 0.841. The molecule has 1 aromatic rings. The highest BCUT2D eigenvalue weighted by Gasteiger charge is 2.01. The van der Waals surface area contributed by atoms with E-state index < -0.39 is 0 Å². The Kier molecular flexibility index (Phi) is 8.48. The van der Waals surface area contributed by atoms with E-state index in [1.54, 1.807) is 0 Å². The Morgan fingerprint density at radius 3 is 2.42 bits per heavy atom. The summed E-state index contributed by atoms with van der Waals surface area (Å²) >= 11 is 0. The van der Waals surface area contributed by atoms with Gasteiger partial charge in [0.2, 0.25) is 0 Å². The Hall–Kier alpha value is -1.54. The first-order chi connectivity index (χ1) is 9.33. The second-order valence-corrected chi connectivity index (χ2v) is 4.30. The molecule has 0 heterocycles. The lowest BCUT2D eigenvalue weighted by molar-refractivity contribution is -0.0648. The minimum atomic E-state index is -0.216. The minimum absolute atomic E-state index is 0.216. The normalized spacial score (nSPS) is 13.2. The third-order valence-corrected chi connectivity index (χ3v) is 2.52. The molecule has 1 rings (SSSR count). The molecule has 1 unspecified atom stereocenters. The van der Waals surface area contributed by atoms with Crippen LogP contribution >= 0.6 is 0 Å². The first-order valence-electron chi connectivity index (χ1n) is 6.98. The van der Waals surface area contributed by atoms with E-state index >= 15 is 0 Å². The third kappa shape index (κ3) is 8.22. The summed E-state index contributed by atoms with van der Waals surface area (Å²) < 4.78 is 11.2. The fourth-order valence-electron chi connectivity index (χ4n) is 1.54. The molecule has 0 aliphatic heterocycles. The summed E-state index contributed by atoms with van der Waals surface area (Å²) in [6.45, 7) is 4.76. The molecule has 0 aliphatic carbocycles. The van der Waals surface area contributed by atoms with Crippen LogP contribution in [0.1, 0.15) is 33.1 Å². The Bertz CT molecular complexity index is 368. The predicted octanol–water partition coefficient (Wildman–Crippen LogP) is 4.73.